The molecule has 0 aromatic heterocycles. The summed E-state index contributed by atoms with van der Waals surface area (Å²) in [6.07, 6.45) is 1.30. The highest BCUT2D eigenvalue weighted by Gasteiger charge is 2.20. The average Bonchev–Trinajstić information content (AvgIpc) is 2.26. The first-order valence-electron chi connectivity index (χ1n) is 4.98. The highest BCUT2D eigenvalue weighted by atomic mass is 32.2. The monoisotopic (exact) mass is 250 g/mol. The van der Waals surface area contributed by atoms with Gasteiger partial charge in [-0.05, 0) is 19.1 Å². The van der Waals surface area contributed by atoms with Crippen molar-refractivity contribution in [1.82, 2.24) is 4.90 Å². The van der Waals surface area contributed by atoms with Gasteiger partial charge in [0.1, 0.15) is 6.07 Å². The molecule has 0 N–H and O–H groups in total. The van der Waals surface area contributed by atoms with E-state index in [2.05, 4.69) is 0 Å². The van der Waals surface area contributed by atoms with Gasteiger partial charge in [0.25, 0.3) is 0 Å². The minimum absolute atomic E-state index is 0.137. The molecule has 0 bridgehead atoms. The Bertz CT molecular complexity index is 564. The number of hydrogen-bond acceptors (Lipinski definition) is 4. The first-order chi connectivity index (χ1) is 7.87. The van der Waals surface area contributed by atoms with E-state index in [1.54, 1.807) is 32.3 Å². The maximum atomic E-state index is 12.1. The zero-order chi connectivity index (χ0) is 13.1. The average molecular weight is 250 g/mol. The van der Waals surface area contributed by atoms with Crippen LogP contribution in [0.5, 0.6) is 0 Å². The quantitative estimate of drug-likeness (QED) is 0.766. The van der Waals surface area contributed by atoms with E-state index in [1.165, 1.54) is 23.2 Å². The maximum absolute atomic E-state index is 12.1. The van der Waals surface area contributed by atoms with Crippen molar-refractivity contribution in [3.05, 3.63) is 40.9 Å². The third kappa shape index (κ3) is 3.08. The Kier molecular flexibility index (Phi) is 3.92. The van der Waals surface area contributed by atoms with Crippen LogP contribution in [0, 0.1) is 18.3 Å². The number of aryl methyl sites for hydroxylation is 1. The number of rotatable bonds is 3. The molecule has 0 unspecified atom stereocenters. The van der Waals surface area contributed by atoms with Crippen molar-refractivity contribution in [2.24, 2.45) is 0 Å². The van der Waals surface area contributed by atoms with Gasteiger partial charge in [0.2, 0.25) is 9.84 Å². The predicted molar refractivity (Wildman–Crippen MR) is 65.7 cm³/mol. The smallest absolute Gasteiger partial charge is 0.218 e. The number of nitrogens with zero attached hydrogens (tertiary/aromatic N) is 2. The fraction of sp³-hybridized carbons (Fsp3) is 0.250. The van der Waals surface area contributed by atoms with E-state index in [0.717, 1.165) is 5.56 Å². The summed E-state index contributed by atoms with van der Waals surface area (Å²) >= 11 is 0. The predicted octanol–water partition coefficient (Wildman–Crippen LogP) is 1.70. The Morgan fingerprint density at radius 1 is 1.29 bits per heavy atom. The van der Waals surface area contributed by atoms with Gasteiger partial charge in [-0.3, -0.25) is 0 Å². The van der Waals surface area contributed by atoms with E-state index in [-0.39, 0.29) is 9.80 Å². The van der Waals surface area contributed by atoms with E-state index >= 15 is 0 Å². The minimum atomic E-state index is -3.70. The normalized spacial score (nSPS) is 12.0. The van der Waals surface area contributed by atoms with Crippen molar-refractivity contribution in [2.75, 3.05) is 14.1 Å². The molecule has 1 aromatic rings. The largest absolute Gasteiger partial charge is 0.382 e. The van der Waals surface area contributed by atoms with Gasteiger partial charge in [-0.2, -0.15) is 5.26 Å². The number of sulfone groups is 1. The lowest BCUT2D eigenvalue weighted by Gasteiger charge is -2.07. The topological polar surface area (TPSA) is 61.2 Å². The first kappa shape index (κ1) is 13.3. The van der Waals surface area contributed by atoms with Crippen LogP contribution in [0.25, 0.3) is 0 Å². The first-order valence-corrected chi connectivity index (χ1v) is 6.46. The molecule has 4 nitrogen and oxygen atoms in total. The molecule has 0 atom stereocenters. The highest BCUT2D eigenvalue weighted by Crippen LogP contribution is 2.19. The third-order valence-corrected chi connectivity index (χ3v) is 3.77. The Morgan fingerprint density at radius 3 is 2.24 bits per heavy atom. The zero-order valence-electron chi connectivity index (χ0n) is 10.0. The third-order valence-electron chi connectivity index (χ3n) is 2.11. The standard InChI is InChI=1S/C12H14N2O2S/c1-10-4-6-11(7-5-10)17(15,16)12(8-13)9-14(2)3/h4-7,9H,1-3H3/b12-9-. The summed E-state index contributed by atoms with van der Waals surface area (Å²) in [5.41, 5.74) is 0.971. The second kappa shape index (κ2) is 5.02. The molecule has 0 radical (unpaired) electrons. The lowest BCUT2D eigenvalue weighted by atomic mass is 10.2. The van der Waals surface area contributed by atoms with Crippen molar-refractivity contribution in [2.45, 2.75) is 11.8 Å². The molecule has 90 valence electrons. The summed E-state index contributed by atoms with van der Waals surface area (Å²) in [6, 6.07) is 8.14. The summed E-state index contributed by atoms with van der Waals surface area (Å²) in [6.45, 7) is 1.87. The molecule has 0 aliphatic carbocycles. The van der Waals surface area contributed by atoms with Crippen molar-refractivity contribution >= 4 is 9.84 Å². The summed E-state index contributed by atoms with van der Waals surface area (Å²) in [5.74, 6) is 0. The van der Waals surface area contributed by atoms with Crippen LogP contribution in [0.4, 0.5) is 0 Å². The van der Waals surface area contributed by atoms with E-state index in [4.69, 9.17) is 5.26 Å². The van der Waals surface area contributed by atoms with Crippen molar-refractivity contribution in [1.29, 1.82) is 5.26 Å². The van der Waals surface area contributed by atoms with Gasteiger partial charge in [-0.1, -0.05) is 17.7 Å². The van der Waals surface area contributed by atoms with Crippen LogP contribution in [0.3, 0.4) is 0 Å². The minimum Gasteiger partial charge on any atom is -0.382 e. The van der Waals surface area contributed by atoms with Gasteiger partial charge in [-0.15, -0.1) is 0 Å². The molecule has 5 heteroatoms. The van der Waals surface area contributed by atoms with Gasteiger partial charge in [0, 0.05) is 20.3 Å². The molecule has 0 spiro atoms. The van der Waals surface area contributed by atoms with Crippen LogP contribution < -0.4 is 0 Å². The Hall–Kier alpha value is -1.80. The van der Waals surface area contributed by atoms with Crippen LogP contribution in [0.15, 0.2) is 40.3 Å². The summed E-state index contributed by atoms with van der Waals surface area (Å²) in [4.78, 5) is 1.41. The van der Waals surface area contributed by atoms with Gasteiger partial charge >= 0.3 is 0 Å². The molecule has 0 aliphatic heterocycles. The fourth-order valence-corrected chi connectivity index (χ4v) is 2.46. The lowest BCUT2D eigenvalue weighted by Crippen LogP contribution is -2.09. The molecule has 0 saturated carbocycles. The molecule has 1 aromatic carbocycles. The van der Waals surface area contributed by atoms with Gasteiger partial charge in [-0.25, -0.2) is 8.42 Å². The second-order valence-electron chi connectivity index (χ2n) is 3.89. The highest BCUT2D eigenvalue weighted by molar-refractivity contribution is 7.95. The Labute approximate surface area is 102 Å². The lowest BCUT2D eigenvalue weighted by molar-refractivity contribution is 0.559. The maximum Gasteiger partial charge on any atom is 0.218 e. The van der Waals surface area contributed by atoms with Crippen LogP contribution in [0.1, 0.15) is 5.56 Å². The Morgan fingerprint density at radius 2 is 1.82 bits per heavy atom. The van der Waals surface area contributed by atoms with Crippen molar-refractivity contribution in [3.63, 3.8) is 0 Å². The van der Waals surface area contributed by atoms with Crippen molar-refractivity contribution in [3.8, 4) is 6.07 Å². The van der Waals surface area contributed by atoms with Gasteiger partial charge in [0.05, 0.1) is 4.90 Å². The number of nitriles is 1. The van der Waals surface area contributed by atoms with E-state index in [0.29, 0.717) is 0 Å². The summed E-state index contributed by atoms with van der Waals surface area (Å²) in [7, 11) is -0.367. The fourth-order valence-electron chi connectivity index (χ4n) is 1.24. The van der Waals surface area contributed by atoms with Crippen LogP contribution >= 0.6 is 0 Å². The van der Waals surface area contributed by atoms with E-state index in [1.807, 2.05) is 6.92 Å². The molecule has 17 heavy (non-hydrogen) atoms. The zero-order valence-corrected chi connectivity index (χ0v) is 10.8. The van der Waals surface area contributed by atoms with Gasteiger partial charge in [0.15, 0.2) is 4.91 Å². The van der Waals surface area contributed by atoms with E-state index < -0.39 is 9.84 Å². The molecule has 0 amide bonds. The molecular formula is C12H14N2O2S. The number of benzene rings is 1. The SMILES string of the molecule is Cc1ccc(S(=O)(=O)/C(C#N)=C\N(C)C)cc1. The van der Waals surface area contributed by atoms with Gasteiger partial charge < -0.3 is 4.90 Å². The molecule has 0 saturated heterocycles. The molecule has 0 heterocycles. The summed E-state index contributed by atoms with van der Waals surface area (Å²) < 4.78 is 24.2. The van der Waals surface area contributed by atoms with Crippen molar-refractivity contribution < 1.29 is 8.42 Å². The molecule has 0 fully saturated rings. The van der Waals surface area contributed by atoms with Crippen LogP contribution in [0.2, 0.25) is 0 Å². The van der Waals surface area contributed by atoms with E-state index in [9.17, 15) is 8.42 Å². The molecular weight excluding hydrogens is 236 g/mol. The number of hydrogen-bond donors (Lipinski definition) is 0. The number of allylic oxidation sites excluding steroid dienone is 1. The molecule has 0 aliphatic rings. The summed E-state index contributed by atoms with van der Waals surface area (Å²) in [5, 5.41) is 8.90. The Balaban J connectivity index is 3.29. The van der Waals surface area contributed by atoms with Crippen LogP contribution in [-0.4, -0.2) is 27.4 Å². The van der Waals surface area contributed by atoms with Crippen LogP contribution in [-0.2, 0) is 9.84 Å². The second-order valence-corrected chi connectivity index (χ2v) is 5.80. The molecule has 1 rings (SSSR count).